The Hall–Kier alpha value is -2.85. The molecule has 0 aliphatic carbocycles. The average Bonchev–Trinajstić information content (AvgIpc) is 2.70. The minimum absolute atomic E-state index is 0.650. The maximum Gasteiger partial charge on any atom is 0.163 e. The zero-order valence-corrected chi connectivity index (χ0v) is 14.9. The SMILES string of the molecule is Brc1c(-c2ccccc2)cc(-c2ccccc2)cc1-c1ncncn1. The molecular weight excluding hydrogens is 374 g/mol. The molecule has 0 N–H and O–H groups in total. The standard InChI is InChI=1S/C21H14BrN3/c22-20-18(16-9-5-2-6-10-16)11-17(15-7-3-1-4-8-15)12-19(20)21-24-13-23-14-25-21/h1-14H. The molecule has 0 aliphatic rings. The monoisotopic (exact) mass is 387 g/mol. The van der Waals surface area contributed by atoms with E-state index < -0.39 is 0 Å². The summed E-state index contributed by atoms with van der Waals surface area (Å²) >= 11 is 3.76. The minimum atomic E-state index is 0.650. The summed E-state index contributed by atoms with van der Waals surface area (Å²) in [5, 5.41) is 0. The van der Waals surface area contributed by atoms with E-state index in [1.165, 1.54) is 12.7 Å². The van der Waals surface area contributed by atoms with Crippen molar-refractivity contribution in [3.8, 4) is 33.6 Å². The van der Waals surface area contributed by atoms with Crippen LogP contribution in [-0.4, -0.2) is 15.0 Å². The van der Waals surface area contributed by atoms with E-state index in [0.29, 0.717) is 5.82 Å². The molecule has 120 valence electrons. The molecule has 25 heavy (non-hydrogen) atoms. The lowest BCUT2D eigenvalue weighted by molar-refractivity contribution is 1.05. The van der Waals surface area contributed by atoms with Crippen molar-refractivity contribution in [2.24, 2.45) is 0 Å². The third kappa shape index (κ3) is 3.21. The van der Waals surface area contributed by atoms with Gasteiger partial charge in [-0.15, -0.1) is 0 Å². The van der Waals surface area contributed by atoms with Gasteiger partial charge in [-0.05, 0) is 50.3 Å². The molecule has 0 amide bonds. The first kappa shape index (κ1) is 15.7. The maximum atomic E-state index is 4.33. The summed E-state index contributed by atoms with van der Waals surface area (Å²) in [5.41, 5.74) is 5.47. The smallest absolute Gasteiger partial charge is 0.163 e. The van der Waals surface area contributed by atoms with E-state index in [-0.39, 0.29) is 0 Å². The predicted octanol–water partition coefficient (Wildman–Crippen LogP) is 5.64. The Morgan fingerprint density at radius 2 is 1.16 bits per heavy atom. The lowest BCUT2D eigenvalue weighted by atomic mass is 9.96. The van der Waals surface area contributed by atoms with Gasteiger partial charge in [-0.2, -0.15) is 0 Å². The van der Waals surface area contributed by atoms with E-state index in [4.69, 9.17) is 0 Å². The second-order valence-corrected chi connectivity index (χ2v) is 6.37. The molecule has 0 atom stereocenters. The highest BCUT2D eigenvalue weighted by Gasteiger charge is 2.14. The molecule has 0 bridgehead atoms. The molecule has 4 heteroatoms. The molecule has 0 radical (unpaired) electrons. The molecular formula is C21H14BrN3. The lowest BCUT2D eigenvalue weighted by Gasteiger charge is -2.13. The lowest BCUT2D eigenvalue weighted by Crippen LogP contribution is -1.93. The van der Waals surface area contributed by atoms with Crippen LogP contribution in [0.1, 0.15) is 0 Å². The zero-order valence-electron chi connectivity index (χ0n) is 13.3. The van der Waals surface area contributed by atoms with Gasteiger partial charge in [0, 0.05) is 10.0 Å². The van der Waals surface area contributed by atoms with Gasteiger partial charge in [0.25, 0.3) is 0 Å². The average molecular weight is 388 g/mol. The summed E-state index contributed by atoms with van der Waals surface area (Å²) in [4.78, 5) is 12.6. The molecule has 0 saturated heterocycles. The van der Waals surface area contributed by atoms with Crippen LogP contribution in [0.2, 0.25) is 0 Å². The van der Waals surface area contributed by atoms with Crippen LogP contribution in [0.25, 0.3) is 33.6 Å². The summed E-state index contributed by atoms with van der Waals surface area (Å²) in [7, 11) is 0. The minimum Gasteiger partial charge on any atom is -0.225 e. The van der Waals surface area contributed by atoms with Crippen molar-refractivity contribution in [1.82, 2.24) is 15.0 Å². The quantitative estimate of drug-likeness (QED) is 0.456. The van der Waals surface area contributed by atoms with Crippen LogP contribution in [-0.2, 0) is 0 Å². The van der Waals surface area contributed by atoms with E-state index in [9.17, 15) is 0 Å². The Kier molecular flexibility index (Phi) is 4.36. The van der Waals surface area contributed by atoms with Crippen molar-refractivity contribution >= 4 is 15.9 Å². The summed E-state index contributed by atoms with van der Waals surface area (Å²) < 4.78 is 0.976. The van der Waals surface area contributed by atoms with Crippen LogP contribution in [0.4, 0.5) is 0 Å². The number of hydrogen-bond donors (Lipinski definition) is 0. The van der Waals surface area contributed by atoms with Gasteiger partial charge in [0.2, 0.25) is 0 Å². The fourth-order valence-corrected chi connectivity index (χ4v) is 3.43. The molecule has 0 unspecified atom stereocenters. The second kappa shape index (κ2) is 6.95. The van der Waals surface area contributed by atoms with Crippen molar-refractivity contribution < 1.29 is 0 Å². The third-order valence-electron chi connectivity index (χ3n) is 4.00. The molecule has 4 rings (SSSR count). The molecule has 4 aromatic rings. The first-order valence-electron chi connectivity index (χ1n) is 7.90. The van der Waals surface area contributed by atoms with Crippen molar-refractivity contribution in [3.05, 3.63) is 89.9 Å². The van der Waals surface area contributed by atoms with Gasteiger partial charge >= 0.3 is 0 Å². The maximum absolute atomic E-state index is 4.33. The van der Waals surface area contributed by atoms with E-state index in [2.05, 4.69) is 67.3 Å². The van der Waals surface area contributed by atoms with Crippen LogP contribution in [0.3, 0.4) is 0 Å². The fraction of sp³-hybridized carbons (Fsp3) is 0. The van der Waals surface area contributed by atoms with Gasteiger partial charge in [0.15, 0.2) is 5.82 Å². The number of rotatable bonds is 3. The van der Waals surface area contributed by atoms with Crippen LogP contribution in [0.15, 0.2) is 89.9 Å². The fourth-order valence-electron chi connectivity index (χ4n) is 2.79. The van der Waals surface area contributed by atoms with Gasteiger partial charge in [0.1, 0.15) is 12.7 Å². The van der Waals surface area contributed by atoms with Crippen molar-refractivity contribution in [1.29, 1.82) is 0 Å². The number of hydrogen-bond acceptors (Lipinski definition) is 3. The van der Waals surface area contributed by atoms with Crippen LogP contribution >= 0.6 is 15.9 Å². The molecule has 3 nitrogen and oxygen atoms in total. The Morgan fingerprint density at radius 3 is 1.80 bits per heavy atom. The Morgan fingerprint density at radius 1 is 0.600 bits per heavy atom. The molecule has 1 heterocycles. The topological polar surface area (TPSA) is 38.7 Å². The first-order valence-corrected chi connectivity index (χ1v) is 8.69. The highest BCUT2D eigenvalue weighted by molar-refractivity contribution is 9.10. The van der Waals surface area contributed by atoms with Crippen LogP contribution in [0, 0.1) is 0 Å². The van der Waals surface area contributed by atoms with Gasteiger partial charge in [-0.1, -0.05) is 60.7 Å². The molecule has 0 spiro atoms. The van der Waals surface area contributed by atoms with Crippen LogP contribution < -0.4 is 0 Å². The Bertz CT molecular complexity index is 927. The third-order valence-corrected chi connectivity index (χ3v) is 4.85. The van der Waals surface area contributed by atoms with Gasteiger partial charge in [-0.3, -0.25) is 0 Å². The number of aromatic nitrogens is 3. The molecule has 0 aliphatic heterocycles. The Balaban J connectivity index is 1.98. The van der Waals surface area contributed by atoms with E-state index in [1.807, 2.05) is 36.4 Å². The molecule has 1 aromatic heterocycles. The molecule has 0 fully saturated rings. The van der Waals surface area contributed by atoms with Gasteiger partial charge in [-0.25, -0.2) is 15.0 Å². The Labute approximate surface area is 154 Å². The highest BCUT2D eigenvalue weighted by atomic mass is 79.9. The van der Waals surface area contributed by atoms with Crippen LogP contribution in [0.5, 0.6) is 0 Å². The van der Waals surface area contributed by atoms with Crippen molar-refractivity contribution in [2.75, 3.05) is 0 Å². The second-order valence-electron chi connectivity index (χ2n) is 5.58. The van der Waals surface area contributed by atoms with Gasteiger partial charge in [0.05, 0.1) is 0 Å². The predicted molar refractivity (Wildman–Crippen MR) is 104 cm³/mol. The van der Waals surface area contributed by atoms with Crippen molar-refractivity contribution in [3.63, 3.8) is 0 Å². The largest absolute Gasteiger partial charge is 0.225 e. The summed E-state index contributed by atoms with van der Waals surface area (Å²) in [6, 6.07) is 24.9. The number of halogens is 1. The van der Waals surface area contributed by atoms with E-state index >= 15 is 0 Å². The zero-order chi connectivity index (χ0) is 17.1. The number of nitrogens with zero attached hydrogens (tertiary/aromatic N) is 3. The van der Waals surface area contributed by atoms with Gasteiger partial charge < -0.3 is 0 Å². The first-order chi connectivity index (χ1) is 12.3. The summed E-state index contributed by atoms with van der Waals surface area (Å²) in [6.07, 6.45) is 3.04. The highest BCUT2D eigenvalue weighted by Crippen LogP contribution is 2.39. The summed E-state index contributed by atoms with van der Waals surface area (Å²) in [6.45, 7) is 0. The normalized spacial score (nSPS) is 10.6. The molecule has 3 aromatic carbocycles. The number of benzene rings is 3. The summed E-state index contributed by atoms with van der Waals surface area (Å²) in [5.74, 6) is 0.650. The van der Waals surface area contributed by atoms with Crippen molar-refractivity contribution in [2.45, 2.75) is 0 Å². The van der Waals surface area contributed by atoms with E-state index in [1.54, 1.807) is 0 Å². The molecule has 0 saturated carbocycles. The van der Waals surface area contributed by atoms with E-state index in [0.717, 1.165) is 32.3 Å².